The number of imide groups is 1. The van der Waals surface area contributed by atoms with E-state index in [-0.39, 0.29) is 20.6 Å². The van der Waals surface area contributed by atoms with E-state index in [1.165, 1.54) is 6.92 Å². The minimum Gasteiger partial charge on any atom is -0.308 e. The molecule has 0 saturated carbocycles. The highest BCUT2D eigenvalue weighted by atomic mass is 35.5. The zero-order valence-corrected chi connectivity index (χ0v) is 20.3. The van der Waals surface area contributed by atoms with Gasteiger partial charge in [0.05, 0.1) is 15.3 Å². The number of carbonyl (C=O) groups is 2. The van der Waals surface area contributed by atoms with Crippen LogP contribution in [0, 0.1) is 11.6 Å². The molecular weight excluding hydrogens is 533 g/mol. The molecule has 0 saturated heterocycles. The van der Waals surface area contributed by atoms with Crippen molar-refractivity contribution in [1.82, 2.24) is 5.32 Å². The van der Waals surface area contributed by atoms with Crippen LogP contribution < -0.4 is 10.6 Å². The Morgan fingerprint density at radius 1 is 0.912 bits per heavy atom. The first-order valence-corrected chi connectivity index (χ1v) is 12.1. The van der Waals surface area contributed by atoms with Gasteiger partial charge in [-0.1, -0.05) is 53.0 Å². The lowest BCUT2D eigenvalue weighted by Gasteiger charge is -2.17. The van der Waals surface area contributed by atoms with E-state index in [0.29, 0.717) is 10.6 Å². The zero-order chi connectivity index (χ0) is 25.2. The highest BCUT2D eigenvalue weighted by Crippen LogP contribution is 2.39. The molecule has 0 spiro atoms. The number of benzene rings is 3. The molecule has 3 amide bonds. The SMILES string of the molecule is CC(c1ccc(Cl)cc1)S(=O)(=O)c1c(Cl)cc(NC(=O)NC(=O)c2c(F)cccc2F)cc1Cl. The van der Waals surface area contributed by atoms with Crippen molar-refractivity contribution in [3.63, 3.8) is 0 Å². The van der Waals surface area contributed by atoms with Crippen molar-refractivity contribution in [1.29, 1.82) is 0 Å². The average Bonchev–Trinajstić information content (AvgIpc) is 2.72. The van der Waals surface area contributed by atoms with Crippen LogP contribution in [0.3, 0.4) is 0 Å². The van der Waals surface area contributed by atoms with E-state index >= 15 is 0 Å². The standard InChI is InChI=1S/C22H15Cl3F2N2O4S/c1-11(12-5-7-13(23)8-6-12)34(32,33)20-15(24)9-14(10-16(20)25)28-22(31)29-21(30)19-17(26)3-2-4-18(19)27/h2-11H,1H3,(H2,28,29,30,31). The molecule has 12 heteroatoms. The molecule has 178 valence electrons. The summed E-state index contributed by atoms with van der Waals surface area (Å²) in [5, 5.41) is 2.84. The van der Waals surface area contributed by atoms with Gasteiger partial charge in [0.15, 0.2) is 9.84 Å². The van der Waals surface area contributed by atoms with Crippen molar-refractivity contribution in [2.24, 2.45) is 0 Å². The molecule has 3 rings (SSSR count). The van der Waals surface area contributed by atoms with Crippen molar-refractivity contribution < 1.29 is 26.8 Å². The van der Waals surface area contributed by atoms with Gasteiger partial charge in [-0.25, -0.2) is 22.0 Å². The lowest BCUT2D eigenvalue weighted by molar-refractivity contribution is 0.0959. The first-order valence-electron chi connectivity index (χ1n) is 9.46. The van der Waals surface area contributed by atoms with Crippen LogP contribution in [0.2, 0.25) is 15.1 Å². The van der Waals surface area contributed by atoms with Gasteiger partial charge in [-0.05, 0) is 48.9 Å². The van der Waals surface area contributed by atoms with Gasteiger partial charge in [-0.15, -0.1) is 0 Å². The first-order chi connectivity index (χ1) is 15.9. The molecule has 0 aliphatic carbocycles. The van der Waals surface area contributed by atoms with Crippen LogP contribution in [0.15, 0.2) is 59.5 Å². The quantitative estimate of drug-likeness (QED) is 0.385. The van der Waals surface area contributed by atoms with Gasteiger partial charge in [-0.2, -0.15) is 0 Å². The van der Waals surface area contributed by atoms with E-state index < -0.39 is 44.2 Å². The molecule has 0 aromatic heterocycles. The maximum absolute atomic E-state index is 13.7. The topological polar surface area (TPSA) is 92.3 Å². The number of sulfone groups is 1. The largest absolute Gasteiger partial charge is 0.326 e. The van der Waals surface area contributed by atoms with Crippen molar-refractivity contribution in [2.75, 3.05) is 5.32 Å². The summed E-state index contributed by atoms with van der Waals surface area (Å²) in [6.45, 7) is 1.46. The van der Waals surface area contributed by atoms with E-state index in [9.17, 15) is 26.8 Å². The molecule has 0 radical (unpaired) electrons. The molecule has 1 atom stereocenters. The molecule has 0 heterocycles. The number of carbonyl (C=O) groups excluding carboxylic acids is 2. The summed E-state index contributed by atoms with van der Waals surface area (Å²) in [7, 11) is -4.05. The Morgan fingerprint density at radius 3 is 1.97 bits per heavy atom. The molecule has 0 aliphatic rings. The molecule has 34 heavy (non-hydrogen) atoms. The number of hydrogen-bond donors (Lipinski definition) is 2. The number of urea groups is 1. The summed E-state index contributed by atoms with van der Waals surface area (Å²) in [6, 6.07) is 10.1. The van der Waals surface area contributed by atoms with Crippen molar-refractivity contribution in [3.8, 4) is 0 Å². The Hall–Kier alpha value is -2.72. The fraction of sp³-hybridized carbons (Fsp3) is 0.0909. The maximum atomic E-state index is 13.7. The second kappa shape index (κ2) is 10.3. The van der Waals surface area contributed by atoms with Gasteiger partial charge in [0.2, 0.25) is 0 Å². The number of nitrogens with one attached hydrogen (secondary N) is 2. The lowest BCUT2D eigenvalue weighted by Crippen LogP contribution is -2.35. The highest BCUT2D eigenvalue weighted by molar-refractivity contribution is 7.91. The Bertz CT molecular complexity index is 1340. The normalized spacial score (nSPS) is 12.2. The van der Waals surface area contributed by atoms with Gasteiger partial charge in [-0.3, -0.25) is 10.1 Å². The third kappa shape index (κ3) is 5.50. The minimum atomic E-state index is -4.05. The van der Waals surface area contributed by atoms with E-state index in [0.717, 1.165) is 30.3 Å². The summed E-state index contributed by atoms with van der Waals surface area (Å²) >= 11 is 18.2. The second-order valence-corrected chi connectivity index (χ2v) is 10.5. The molecule has 0 bridgehead atoms. The average molecular weight is 548 g/mol. The van der Waals surface area contributed by atoms with Gasteiger partial charge in [0.25, 0.3) is 5.91 Å². The van der Waals surface area contributed by atoms with Gasteiger partial charge in [0.1, 0.15) is 22.1 Å². The fourth-order valence-corrected chi connectivity index (χ4v) is 5.83. The summed E-state index contributed by atoms with van der Waals surface area (Å²) in [5.41, 5.74) is -0.546. The van der Waals surface area contributed by atoms with Crippen molar-refractivity contribution in [3.05, 3.63) is 92.4 Å². The van der Waals surface area contributed by atoms with E-state index in [2.05, 4.69) is 5.32 Å². The van der Waals surface area contributed by atoms with E-state index in [1.54, 1.807) is 29.6 Å². The summed E-state index contributed by atoms with van der Waals surface area (Å²) in [4.78, 5) is 23.8. The second-order valence-electron chi connectivity index (χ2n) is 7.01. The first kappa shape index (κ1) is 25.9. The van der Waals surface area contributed by atoms with E-state index in [4.69, 9.17) is 34.8 Å². The van der Waals surface area contributed by atoms with Gasteiger partial charge >= 0.3 is 6.03 Å². The van der Waals surface area contributed by atoms with Crippen LogP contribution in [-0.4, -0.2) is 20.4 Å². The predicted molar refractivity (Wildman–Crippen MR) is 126 cm³/mol. The number of hydrogen-bond acceptors (Lipinski definition) is 4. The van der Waals surface area contributed by atoms with Crippen LogP contribution in [-0.2, 0) is 9.84 Å². The minimum absolute atomic E-state index is 0.0626. The molecule has 1 unspecified atom stereocenters. The molecular formula is C22H15Cl3F2N2O4S. The number of rotatable bonds is 5. The fourth-order valence-electron chi connectivity index (χ4n) is 3.04. The highest BCUT2D eigenvalue weighted by Gasteiger charge is 2.30. The third-order valence-electron chi connectivity index (χ3n) is 4.76. The number of amides is 3. The Labute approximate surface area is 208 Å². The van der Waals surface area contributed by atoms with Crippen molar-refractivity contribution in [2.45, 2.75) is 17.1 Å². The van der Waals surface area contributed by atoms with Gasteiger partial charge in [0, 0.05) is 10.7 Å². The Balaban J connectivity index is 1.82. The monoisotopic (exact) mass is 546 g/mol. The van der Waals surface area contributed by atoms with Crippen LogP contribution in [0.25, 0.3) is 0 Å². The number of halogens is 5. The smallest absolute Gasteiger partial charge is 0.308 e. The van der Waals surface area contributed by atoms with E-state index in [1.807, 2.05) is 0 Å². The van der Waals surface area contributed by atoms with Crippen LogP contribution >= 0.6 is 34.8 Å². The zero-order valence-electron chi connectivity index (χ0n) is 17.2. The molecule has 0 fully saturated rings. The summed E-state index contributed by atoms with van der Waals surface area (Å²) < 4.78 is 53.7. The van der Waals surface area contributed by atoms with Crippen LogP contribution in [0.1, 0.15) is 28.1 Å². The Kier molecular flexibility index (Phi) is 7.82. The third-order valence-corrected chi connectivity index (χ3v) is 8.05. The molecule has 6 nitrogen and oxygen atoms in total. The maximum Gasteiger partial charge on any atom is 0.326 e. The van der Waals surface area contributed by atoms with Crippen LogP contribution in [0.5, 0.6) is 0 Å². The summed E-state index contributed by atoms with van der Waals surface area (Å²) in [6.07, 6.45) is 0. The molecule has 0 aliphatic heterocycles. The molecule has 3 aromatic rings. The van der Waals surface area contributed by atoms with Crippen molar-refractivity contribution >= 4 is 62.3 Å². The van der Waals surface area contributed by atoms with Crippen LogP contribution in [0.4, 0.5) is 19.3 Å². The molecule has 2 N–H and O–H groups in total. The lowest BCUT2D eigenvalue weighted by atomic mass is 10.2. The predicted octanol–water partition coefficient (Wildman–Crippen LogP) is 6.42. The summed E-state index contributed by atoms with van der Waals surface area (Å²) in [5.74, 6) is -3.62. The molecule has 3 aromatic carbocycles. The van der Waals surface area contributed by atoms with Gasteiger partial charge < -0.3 is 5.32 Å². The Morgan fingerprint density at radius 2 is 1.44 bits per heavy atom. The number of anilines is 1.